The molecule has 2 nitrogen and oxygen atoms in total. The van der Waals surface area contributed by atoms with E-state index in [-0.39, 0.29) is 19.1 Å². The Morgan fingerprint density at radius 1 is 1.14 bits per heavy atom. The summed E-state index contributed by atoms with van der Waals surface area (Å²) in [6, 6.07) is 9.92. The quantitative estimate of drug-likeness (QED) is 0.745. The second kappa shape index (κ2) is 6.35. The van der Waals surface area contributed by atoms with Crippen LogP contribution in [0.5, 0.6) is 0 Å². The van der Waals surface area contributed by atoms with Crippen molar-refractivity contribution in [2.75, 3.05) is 13.2 Å². The third-order valence-electron chi connectivity index (χ3n) is 2.09. The van der Waals surface area contributed by atoms with Crippen LogP contribution >= 0.6 is 0 Å². The van der Waals surface area contributed by atoms with Crippen LogP contribution in [0, 0.1) is 5.92 Å². The van der Waals surface area contributed by atoms with Gasteiger partial charge in [0.15, 0.2) is 0 Å². The van der Waals surface area contributed by atoms with E-state index in [4.69, 9.17) is 10.2 Å². The molecule has 1 atom stereocenters. The molecule has 1 rings (SSSR count). The van der Waals surface area contributed by atoms with Crippen molar-refractivity contribution in [2.24, 2.45) is 5.92 Å². The summed E-state index contributed by atoms with van der Waals surface area (Å²) in [5, 5.41) is 17.7. The van der Waals surface area contributed by atoms with Crippen LogP contribution in [-0.4, -0.2) is 23.4 Å². The van der Waals surface area contributed by atoms with Crippen LogP contribution in [0.4, 0.5) is 0 Å². The molecule has 1 aromatic rings. The molecule has 2 N–H and O–H groups in total. The number of aliphatic hydroxyl groups is 2. The van der Waals surface area contributed by atoms with Crippen molar-refractivity contribution < 1.29 is 10.2 Å². The summed E-state index contributed by atoms with van der Waals surface area (Å²) in [6.45, 7) is 0.203. The van der Waals surface area contributed by atoms with Crippen LogP contribution in [0.1, 0.15) is 12.0 Å². The molecule has 0 fully saturated rings. The molecule has 0 saturated heterocycles. The molecule has 1 unspecified atom stereocenters. The molecule has 0 amide bonds. The SMILES string of the molecule is OCCC(/C=C/c1ccccc1)CO. The lowest BCUT2D eigenvalue weighted by molar-refractivity contribution is 0.208. The fourth-order valence-electron chi connectivity index (χ4n) is 1.23. The van der Waals surface area contributed by atoms with Crippen LogP contribution in [0.25, 0.3) is 6.08 Å². The highest BCUT2D eigenvalue weighted by Crippen LogP contribution is 2.08. The Bertz CT molecular complexity index is 267. The lowest BCUT2D eigenvalue weighted by atomic mass is 10.1. The van der Waals surface area contributed by atoms with Gasteiger partial charge in [-0.2, -0.15) is 0 Å². The van der Waals surface area contributed by atoms with E-state index in [1.807, 2.05) is 42.5 Å². The van der Waals surface area contributed by atoms with E-state index in [0.29, 0.717) is 6.42 Å². The third kappa shape index (κ3) is 3.73. The first-order chi connectivity index (χ1) is 6.86. The van der Waals surface area contributed by atoms with E-state index in [0.717, 1.165) is 5.56 Å². The standard InChI is InChI=1S/C12H16O2/c13-9-8-12(10-14)7-6-11-4-2-1-3-5-11/h1-7,12-14H,8-10H2/b7-6+. The van der Waals surface area contributed by atoms with Gasteiger partial charge in [-0.15, -0.1) is 0 Å². The number of hydrogen-bond acceptors (Lipinski definition) is 2. The molecule has 1 aromatic carbocycles. The summed E-state index contributed by atoms with van der Waals surface area (Å²) in [5.74, 6) is 0.0557. The normalized spacial score (nSPS) is 13.3. The molecule has 0 aromatic heterocycles. The van der Waals surface area contributed by atoms with Gasteiger partial charge in [-0.25, -0.2) is 0 Å². The summed E-state index contributed by atoms with van der Waals surface area (Å²) in [6.07, 6.45) is 4.52. The molecular weight excluding hydrogens is 176 g/mol. The maximum atomic E-state index is 8.97. The fourth-order valence-corrected chi connectivity index (χ4v) is 1.23. The zero-order chi connectivity index (χ0) is 10.2. The van der Waals surface area contributed by atoms with Gasteiger partial charge in [0.2, 0.25) is 0 Å². The van der Waals surface area contributed by atoms with E-state index in [9.17, 15) is 0 Å². The van der Waals surface area contributed by atoms with Gasteiger partial charge in [0, 0.05) is 19.1 Å². The zero-order valence-electron chi connectivity index (χ0n) is 8.13. The molecule has 76 valence electrons. The van der Waals surface area contributed by atoms with Gasteiger partial charge in [0.05, 0.1) is 0 Å². The summed E-state index contributed by atoms with van der Waals surface area (Å²) >= 11 is 0. The lowest BCUT2D eigenvalue weighted by Crippen LogP contribution is -2.04. The van der Waals surface area contributed by atoms with Gasteiger partial charge in [-0.3, -0.25) is 0 Å². The van der Waals surface area contributed by atoms with E-state index in [1.54, 1.807) is 0 Å². The molecular formula is C12H16O2. The van der Waals surface area contributed by atoms with E-state index < -0.39 is 0 Å². The first kappa shape index (κ1) is 11.0. The molecule has 0 heterocycles. The largest absolute Gasteiger partial charge is 0.396 e. The molecule has 0 spiro atoms. The predicted molar refractivity (Wildman–Crippen MR) is 57.8 cm³/mol. The summed E-state index contributed by atoms with van der Waals surface area (Å²) in [4.78, 5) is 0. The molecule has 0 radical (unpaired) electrons. The number of hydrogen-bond donors (Lipinski definition) is 2. The topological polar surface area (TPSA) is 40.5 Å². The fraction of sp³-hybridized carbons (Fsp3) is 0.333. The Kier molecular flexibility index (Phi) is 4.97. The Labute approximate surface area is 84.5 Å². The van der Waals surface area contributed by atoms with Crippen LogP contribution in [-0.2, 0) is 0 Å². The number of aliphatic hydroxyl groups excluding tert-OH is 2. The smallest absolute Gasteiger partial charge is 0.0494 e. The van der Waals surface area contributed by atoms with Crippen molar-refractivity contribution in [3.63, 3.8) is 0 Å². The van der Waals surface area contributed by atoms with Gasteiger partial charge >= 0.3 is 0 Å². The van der Waals surface area contributed by atoms with Crippen LogP contribution in [0.3, 0.4) is 0 Å². The number of rotatable bonds is 5. The second-order valence-corrected chi connectivity index (χ2v) is 3.22. The van der Waals surface area contributed by atoms with E-state index in [1.165, 1.54) is 0 Å². The summed E-state index contributed by atoms with van der Waals surface area (Å²) < 4.78 is 0. The van der Waals surface area contributed by atoms with Crippen molar-refractivity contribution in [1.82, 2.24) is 0 Å². The van der Waals surface area contributed by atoms with Gasteiger partial charge < -0.3 is 10.2 Å². The molecule has 0 bridgehead atoms. The first-order valence-corrected chi connectivity index (χ1v) is 4.81. The molecule has 0 saturated carbocycles. The van der Waals surface area contributed by atoms with Crippen molar-refractivity contribution >= 4 is 6.08 Å². The molecule has 2 heteroatoms. The minimum Gasteiger partial charge on any atom is -0.396 e. The zero-order valence-corrected chi connectivity index (χ0v) is 8.13. The maximum absolute atomic E-state index is 8.97. The van der Waals surface area contributed by atoms with Crippen LogP contribution < -0.4 is 0 Å². The Morgan fingerprint density at radius 3 is 2.43 bits per heavy atom. The minimum absolute atomic E-state index is 0.0557. The predicted octanol–water partition coefficient (Wildman–Crippen LogP) is 1.69. The molecule has 0 aliphatic carbocycles. The highest BCUT2D eigenvalue weighted by molar-refractivity contribution is 5.48. The van der Waals surface area contributed by atoms with Gasteiger partial charge in [0.1, 0.15) is 0 Å². The van der Waals surface area contributed by atoms with Gasteiger partial charge in [-0.05, 0) is 12.0 Å². The van der Waals surface area contributed by atoms with Gasteiger partial charge in [-0.1, -0.05) is 42.5 Å². The Balaban J connectivity index is 2.53. The highest BCUT2D eigenvalue weighted by Gasteiger charge is 2.00. The lowest BCUT2D eigenvalue weighted by Gasteiger charge is -2.05. The van der Waals surface area contributed by atoms with Crippen molar-refractivity contribution in [3.8, 4) is 0 Å². The van der Waals surface area contributed by atoms with E-state index in [2.05, 4.69) is 0 Å². The maximum Gasteiger partial charge on any atom is 0.0494 e. The number of benzene rings is 1. The monoisotopic (exact) mass is 192 g/mol. The summed E-state index contributed by atoms with van der Waals surface area (Å²) in [7, 11) is 0. The van der Waals surface area contributed by atoms with Crippen molar-refractivity contribution in [2.45, 2.75) is 6.42 Å². The third-order valence-corrected chi connectivity index (χ3v) is 2.09. The molecule has 0 aliphatic heterocycles. The first-order valence-electron chi connectivity index (χ1n) is 4.81. The highest BCUT2D eigenvalue weighted by atomic mass is 16.3. The molecule has 0 aliphatic rings. The van der Waals surface area contributed by atoms with Gasteiger partial charge in [0.25, 0.3) is 0 Å². The minimum atomic E-state index is 0.0557. The van der Waals surface area contributed by atoms with Crippen LogP contribution in [0.2, 0.25) is 0 Å². The molecule has 14 heavy (non-hydrogen) atoms. The Morgan fingerprint density at radius 2 is 1.86 bits per heavy atom. The van der Waals surface area contributed by atoms with E-state index >= 15 is 0 Å². The average Bonchev–Trinajstić information content (AvgIpc) is 2.25. The van der Waals surface area contributed by atoms with Crippen molar-refractivity contribution in [3.05, 3.63) is 42.0 Å². The summed E-state index contributed by atoms with van der Waals surface area (Å²) in [5.41, 5.74) is 1.11. The Hall–Kier alpha value is -1.12. The van der Waals surface area contributed by atoms with Crippen LogP contribution in [0.15, 0.2) is 36.4 Å². The average molecular weight is 192 g/mol. The van der Waals surface area contributed by atoms with Crippen molar-refractivity contribution in [1.29, 1.82) is 0 Å². The second-order valence-electron chi connectivity index (χ2n) is 3.22.